The summed E-state index contributed by atoms with van der Waals surface area (Å²) in [7, 11) is 0. The fourth-order valence-corrected chi connectivity index (χ4v) is 2.37. The van der Waals surface area contributed by atoms with Crippen LogP contribution in [0.2, 0.25) is 0 Å². The summed E-state index contributed by atoms with van der Waals surface area (Å²) in [5.41, 5.74) is -0.290. The number of aliphatic hydroxyl groups is 1. The maximum atomic E-state index is 13.8. The van der Waals surface area contributed by atoms with Crippen molar-refractivity contribution in [1.29, 1.82) is 0 Å². The SMILES string of the molecule is Cc1ccc(OCc2cc(C(F)(F)F)c(F)cc2F)c(CNCCO)c1. The van der Waals surface area contributed by atoms with E-state index in [1.807, 2.05) is 13.0 Å². The van der Waals surface area contributed by atoms with Gasteiger partial charge in [-0.25, -0.2) is 8.78 Å². The zero-order valence-corrected chi connectivity index (χ0v) is 14.0. The number of hydrogen-bond donors (Lipinski definition) is 2. The zero-order valence-electron chi connectivity index (χ0n) is 14.0. The molecular formula is C18H18F5NO2. The molecule has 0 spiro atoms. The van der Waals surface area contributed by atoms with Gasteiger partial charge in [0.05, 0.1) is 12.2 Å². The number of hydrogen-bond acceptors (Lipinski definition) is 3. The topological polar surface area (TPSA) is 41.5 Å². The first kappa shape index (κ1) is 20.1. The monoisotopic (exact) mass is 375 g/mol. The van der Waals surface area contributed by atoms with E-state index in [0.29, 0.717) is 30.5 Å². The largest absolute Gasteiger partial charge is 0.488 e. The van der Waals surface area contributed by atoms with Gasteiger partial charge in [-0.2, -0.15) is 13.2 Å². The zero-order chi connectivity index (χ0) is 19.3. The molecule has 0 atom stereocenters. The molecule has 2 aromatic rings. The Labute approximate surface area is 147 Å². The molecule has 0 bridgehead atoms. The lowest BCUT2D eigenvalue weighted by atomic mass is 10.1. The molecule has 0 saturated carbocycles. The molecule has 0 aromatic heterocycles. The minimum absolute atomic E-state index is 0.0526. The molecule has 8 heteroatoms. The maximum Gasteiger partial charge on any atom is 0.419 e. The molecule has 0 unspecified atom stereocenters. The van der Waals surface area contributed by atoms with Crippen LogP contribution in [0.1, 0.15) is 22.3 Å². The van der Waals surface area contributed by atoms with Crippen LogP contribution in [-0.4, -0.2) is 18.3 Å². The van der Waals surface area contributed by atoms with E-state index in [1.54, 1.807) is 12.1 Å². The molecule has 0 saturated heterocycles. The van der Waals surface area contributed by atoms with Crippen LogP contribution in [0.15, 0.2) is 30.3 Å². The van der Waals surface area contributed by atoms with E-state index in [9.17, 15) is 22.0 Å². The van der Waals surface area contributed by atoms with E-state index < -0.39 is 35.5 Å². The Bertz CT molecular complexity index is 762. The van der Waals surface area contributed by atoms with Gasteiger partial charge in [0.15, 0.2) is 0 Å². The average molecular weight is 375 g/mol. The predicted octanol–water partition coefficient (Wildman–Crippen LogP) is 3.95. The van der Waals surface area contributed by atoms with E-state index in [2.05, 4.69) is 5.32 Å². The van der Waals surface area contributed by atoms with Crippen LogP contribution in [0, 0.1) is 18.6 Å². The lowest BCUT2D eigenvalue weighted by molar-refractivity contribution is -0.140. The Hall–Kier alpha value is -2.19. The first-order chi connectivity index (χ1) is 12.2. The number of aryl methyl sites for hydroxylation is 1. The van der Waals surface area contributed by atoms with Gasteiger partial charge in [-0.1, -0.05) is 17.7 Å². The van der Waals surface area contributed by atoms with E-state index in [-0.39, 0.29) is 12.7 Å². The molecule has 2 N–H and O–H groups in total. The third-order valence-corrected chi connectivity index (χ3v) is 3.64. The van der Waals surface area contributed by atoms with Crippen molar-refractivity contribution in [1.82, 2.24) is 5.32 Å². The van der Waals surface area contributed by atoms with Crippen molar-refractivity contribution in [2.24, 2.45) is 0 Å². The third-order valence-electron chi connectivity index (χ3n) is 3.64. The van der Waals surface area contributed by atoms with Gasteiger partial charge >= 0.3 is 6.18 Å². The lowest BCUT2D eigenvalue weighted by Crippen LogP contribution is -2.18. The van der Waals surface area contributed by atoms with Crippen LogP contribution >= 0.6 is 0 Å². The summed E-state index contributed by atoms with van der Waals surface area (Å²) in [4.78, 5) is 0. The minimum atomic E-state index is -4.92. The van der Waals surface area contributed by atoms with Gasteiger partial charge in [0, 0.05) is 30.3 Å². The van der Waals surface area contributed by atoms with Crippen LogP contribution in [-0.2, 0) is 19.3 Å². The number of benzene rings is 2. The number of nitrogens with one attached hydrogen (secondary N) is 1. The molecule has 2 aromatic carbocycles. The summed E-state index contributed by atoms with van der Waals surface area (Å²) in [5.74, 6) is -2.41. The minimum Gasteiger partial charge on any atom is -0.488 e. The van der Waals surface area contributed by atoms with Gasteiger partial charge < -0.3 is 15.2 Å². The summed E-state index contributed by atoms with van der Waals surface area (Å²) in [6.07, 6.45) is -4.92. The van der Waals surface area contributed by atoms with E-state index in [4.69, 9.17) is 9.84 Å². The molecule has 0 fully saturated rings. The smallest absolute Gasteiger partial charge is 0.419 e. The fourth-order valence-electron chi connectivity index (χ4n) is 2.37. The van der Waals surface area contributed by atoms with Crippen LogP contribution in [0.4, 0.5) is 22.0 Å². The summed E-state index contributed by atoms with van der Waals surface area (Å²) >= 11 is 0. The quantitative estimate of drug-likeness (QED) is 0.569. The van der Waals surface area contributed by atoms with E-state index in [0.717, 1.165) is 5.56 Å². The highest BCUT2D eigenvalue weighted by Gasteiger charge is 2.35. The van der Waals surface area contributed by atoms with Crippen molar-refractivity contribution >= 4 is 0 Å². The Kier molecular flexibility index (Phi) is 6.55. The molecule has 26 heavy (non-hydrogen) atoms. The standard InChI is InChI=1S/C18H18F5NO2/c1-11-2-3-17(12(6-11)9-24-4-5-25)26-10-13-7-14(18(21,22)23)16(20)8-15(13)19/h2-3,6-8,24-25H,4-5,9-10H2,1H3. The van der Waals surface area contributed by atoms with Gasteiger partial charge in [0.25, 0.3) is 0 Å². The van der Waals surface area contributed by atoms with Crippen molar-refractivity contribution in [3.63, 3.8) is 0 Å². The van der Waals surface area contributed by atoms with Gasteiger partial charge in [0.2, 0.25) is 0 Å². The van der Waals surface area contributed by atoms with Gasteiger partial charge in [-0.3, -0.25) is 0 Å². The van der Waals surface area contributed by atoms with E-state index in [1.165, 1.54) is 0 Å². The average Bonchev–Trinajstić information content (AvgIpc) is 2.54. The second-order valence-corrected chi connectivity index (χ2v) is 5.72. The van der Waals surface area contributed by atoms with Crippen molar-refractivity contribution < 1.29 is 31.8 Å². The molecule has 0 amide bonds. The van der Waals surface area contributed by atoms with Crippen LogP contribution in [0.25, 0.3) is 0 Å². The van der Waals surface area contributed by atoms with Crippen molar-refractivity contribution in [3.05, 3.63) is 64.2 Å². The maximum absolute atomic E-state index is 13.8. The highest BCUT2D eigenvalue weighted by Crippen LogP contribution is 2.33. The Balaban J connectivity index is 2.21. The van der Waals surface area contributed by atoms with E-state index >= 15 is 0 Å². The highest BCUT2D eigenvalue weighted by molar-refractivity contribution is 5.37. The summed E-state index contributed by atoms with van der Waals surface area (Å²) in [6.45, 7) is 2.04. The first-order valence-electron chi connectivity index (χ1n) is 7.81. The molecule has 0 aliphatic carbocycles. The lowest BCUT2D eigenvalue weighted by Gasteiger charge is -2.15. The number of halogens is 5. The second-order valence-electron chi connectivity index (χ2n) is 5.72. The van der Waals surface area contributed by atoms with Gasteiger partial charge in [-0.05, 0) is 19.1 Å². The second kappa shape index (κ2) is 8.46. The predicted molar refractivity (Wildman–Crippen MR) is 85.7 cm³/mol. The van der Waals surface area contributed by atoms with Crippen LogP contribution < -0.4 is 10.1 Å². The Morgan fingerprint density at radius 3 is 2.42 bits per heavy atom. The third kappa shape index (κ3) is 5.15. The van der Waals surface area contributed by atoms with Gasteiger partial charge in [0.1, 0.15) is 24.0 Å². The number of rotatable bonds is 7. The molecule has 3 nitrogen and oxygen atoms in total. The molecule has 0 heterocycles. The number of aliphatic hydroxyl groups excluding tert-OH is 1. The molecule has 142 valence electrons. The molecule has 0 aliphatic rings. The highest BCUT2D eigenvalue weighted by atomic mass is 19.4. The molecular weight excluding hydrogens is 357 g/mol. The van der Waals surface area contributed by atoms with Crippen molar-refractivity contribution in [2.45, 2.75) is 26.3 Å². The fraction of sp³-hybridized carbons (Fsp3) is 0.333. The summed E-state index contributed by atoms with van der Waals surface area (Å²) in [6, 6.07) is 5.80. The molecule has 0 radical (unpaired) electrons. The van der Waals surface area contributed by atoms with Crippen molar-refractivity contribution in [3.8, 4) is 5.75 Å². The molecule has 2 rings (SSSR count). The Morgan fingerprint density at radius 1 is 1.04 bits per heavy atom. The van der Waals surface area contributed by atoms with Crippen LogP contribution in [0.5, 0.6) is 5.75 Å². The number of alkyl halides is 3. The van der Waals surface area contributed by atoms with Gasteiger partial charge in [-0.15, -0.1) is 0 Å². The normalized spacial score (nSPS) is 11.7. The van der Waals surface area contributed by atoms with Crippen molar-refractivity contribution in [2.75, 3.05) is 13.2 Å². The summed E-state index contributed by atoms with van der Waals surface area (Å²) < 4.78 is 70.9. The summed E-state index contributed by atoms with van der Waals surface area (Å²) in [5, 5.41) is 11.8. The Morgan fingerprint density at radius 2 is 1.77 bits per heavy atom. The molecule has 0 aliphatic heterocycles. The van der Waals surface area contributed by atoms with Crippen LogP contribution in [0.3, 0.4) is 0 Å². The number of ether oxygens (including phenoxy) is 1. The first-order valence-corrected chi connectivity index (χ1v) is 7.81.